The van der Waals surface area contributed by atoms with Crippen molar-refractivity contribution in [3.63, 3.8) is 0 Å². The maximum atomic E-state index is 11.6. The summed E-state index contributed by atoms with van der Waals surface area (Å²) in [6, 6.07) is 0.425. The van der Waals surface area contributed by atoms with Crippen LogP contribution in [-0.2, 0) is 4.79 Å². The largest absolute Gasteiger partial charge is 0.480 e. The zero-order valence-corrected chi connectivity index (χ0v) is 12.1. The normalized spacial score (nSPS) is 29.7. The fourth-order valence-electron chi connectivity index (χ4n) is 3.19. The van der Waals surface area contributed by atoms with E-state index in [0.29, 0.717) is 12.6 Å². The molecule has 0 bridgehead atoms. The van der Waals surface area contributed by atoms with Crippen LogP contribution in [0.25, 0.3) is 0 Å². The van der Waals surface area contributed by atoms with Crippen molar-refractivity contribution in [3.05, 3.63) is 0 Å². The van der Waals surface area contributed by atoms with Gasteiger partial charge < -0.3 is 15.7 Å². The van der Waals surface area contributed by atoms with Crippen LogP contribution < -0.4 is 5.73 Å². The number of nitrogens with two attached hydrogens (primary N) is 1. The third-order valence-electron chi connectivity index (χ3n) is 4.66. The molecule has 2 atom stereocenters. The second-order valence-electron chi connectivity index (χ2n) is 6.27. The summed E-state index contributed by atoms with van der Waals surface area (Å²) in [6.07, 6.45) is 4.07. The van der Waals surface area contributed by atoms with Gasteiger partial charge in [-0.3, -0.25) is 9.69 Å². The maximum absolute atomic E-state index is 11.6. The van der Waals surface area contributed by atoms with Crippen LogP contribution in [0.4, 0.5) is 0 Å². The number of likely N-dealkylation sites (N-methyl/N-ethyl adjacent to an activating group) is 1. The molecule has 0 amide bonds. The molecule has 1 aliphatic carbocycles. The highest BCUT2D eigenvalue weighted by Crippen LogP contribution is 2.39. The van der Waals surface area contributed by atoms with Crippen molar-refractivity contribution in [1.82, 2.24) is 9.80 Å². The standard InChI is InChI=1S/C14H27N3O2/c1-3-12-9-16(2)7-4-8-17(12)10-14(15,13(18)19)11-5-6-11/h11-12H,3-10,15H2,1-2H3,(H,18,19). The van der Waals surface area contributed by atoms with Crippen molar-refractivity contribution in [3.8, 4) is 0 Å². The SMILES string of the molecule is CCC1CN(C)CCCN1CC(N)(C(=O)O)C1CC1. The number of hydrogen-bond donors (Lipinski definition) is 2. The number of rotatable bonds is 5. The van der Waals surface area contributed by atoms with E-state index in [1.807, 2.05) is 0 Å². The van der Waals surface area contributed by atoms with E-state index in [-0.39, 0.29) is 5.92 Å². The molecule has 1 aliphatic heterocycles. The molecule has 2 rings (SSSR count). The lowest BCUT2D eigenvalue weighted by Crippen LogP contribution is -2.60. The zero-order chi connectivity index (χ0) is 14.0. The van der Waals surface area contributed by atoms with Gasteiger partial charge >= 0.3 is 5.97 Å². The number of hydrogen-bond acceptors (Lipinski definition) is 4. The highest BCUT2D eigenvalue weighted by atomic mass is 16.4. The van der Waals surface area contributed by atoms with Crippen molar-refractivity contribution < 1.29 is 9.90 Å². The van der Waals surface area contributed by atoms with Gasteiger partial charge in [0, 0.05) is 19.1 Å². The van der Waals surface area contributed by atoms with Crippen LogP contribution in [0.2, 0.25) is 0 Å². The highest BCUT2D eigenvalue weighted by Gasteiger charge is 2.49. The Morgan fingerprint density at radius 1 is 1.42 bits per heavy atom. The van der Waals surface area contributed by atoms with Gasteiger partial charge in [0.05, 0.1) is 0 Å². The Balaban J connectivity index is 2.07. The van der Waals surface area contributed by atoms with Gasteiger partial charge in [-0.15, -0.1) is 0 Å². The first-order chi connectivity index (χ1) is 8.97. The molecule has 1 heterocycles. The van der Waals surface area contributed by atoms with Gasteiger partial charge in [-0.25, -0.2) is 0 Å². The van der Waals surface area contributed by atoms with Gasteiger partial charge in [0.25, 0.3) is 0 Å². The molecule has 0 spiro atoms. The molecule has 0 aromatic rings. The number of carbonyl (C=O) groups is 1. The van der Waals surface area contributed by atoms with Crippen molar-refractivity contribution >= 4 is 5.97 Å². The Morgan fingerprint density at radius 3 is 2.63 bits per heavy atom. The van der Waals surface area contributed by atoms with Crippen molar-refractivity contribution in [2.45, 2.75) is 44.2 Å². The molecule has 1 saturated carbocycles. The summed E-state index contributed by atoms with van der Waals surface area (Å²) >= 11 is 0. The second kappa shape index (κ2) is 5.77. The molecule has 2 fully saturated rings. The van der Waals surface area contributed by atoms with E-state index < -0.39 is 11.5 Å². The van der Waals surface area contributed by atoms with Crippen LogP contribution >= 0.6 is 0 Å². The lowest BCUT2D eigenvalue weighted by Gasteiger charge is -2.36. The molecule has 2 aliphatic rings. The number of nitrogens with zero attached hydrogens (tertiary/aromatic N) is 2. The Morgan fingerprint density at radius 2 is 2.11 bits per heavy atom. The van der Waals surface area contributed by atoms with E-state index in [9.17, 15) is 9.90 Å². The Labute approximate surface area is 115 Å². The fourth-order valence-corrected chi connectivity index (χ4v) is 3.19. The van der Waals surface area contributed by atoms with E-state index >= 15 is 0 Å². The van der Waals surface area contributed by atoms with Gasteiger partial charge in [-0.2, -0.15) is 0 Å². The quantitative estimate of drug-likeness (QED) is 0.764. The van der Waals surface area contributed by atoms with E-state index in [4.69, 9.17) is 5.73 Å². The molecule has 19 heavy (non-hydrogen) atoms. The first-order valence-electron chi connectivity index (χ1n) is 7.42. The van der Waals surface area contributed by atoms with E-state index in [0.717, 1.165) is 45.3 Å². The lowest BCUT2D eigenvalue weighted by molar-refractivity contribution is -0.145. The summed E-state index contributed by atoms with van der Waals surface area (Å²) in [5, 5.41) is 9.49. The third-order valence-corrected chi connectivity index (χ3v) is 4.66. The summed E-state index contributed by atoms with van der Waals surface area (Å²) < 4.78 is 0. The molecule has 0 aromatic heterocycles. The van der Waals surface area contributed by atoms with E-state index in [1.54, 1.807) is 0 Å². The average Bonchev–Trinajstić information content (AvgIpc) is 3.17. The van der Waals surface area contributed by atoms with Crippen LogP contribution in [0.1, 0.15) is 32.6 Å². The Bertz CT molecular complexity index is 333. The Kier molecular flexibility index (Phi) is 4.48. The summed E-state index contributed by atoms with van der Waals surface area (Å²) in [7, 11) is 2.14. The second-order valence-corrected chi connectivity index (χ2v) is 6.27. The predicted molar refractivity (Wildman–Crippen MR) is 75.0 cm³/mol. The lowest BCUT2D eigenvalue weighted by atomic mass is 9.93. The van der Waals surface area contributed by atoms with E-state index in [2.05, 4.69) is 23.8 Å². The topological polar surface area (TPSA) is 69.8 Å². The molecule has 5 nitrogen and oxygen atoms in total. The van der Waals surface area contributed by atoms with Gasteiger partial charge in [-0.05, 0) is 51.7 Å². The molecule has 2 unspecified atom stereocenters. The van der Waals surface area contributed by atoms with Crippen molar-refractivity contribution in [2.75, 3.05) is 33.2 Å². The minimum absolute atomic E-state index is 0.170. The monoisotopic (exact) mass is 269 g/mol. The molecular formula is C14H27N3O2. The maximum Gasteiger partial charge on any atom is 0.325 e. The van der Waals surface area contributed by atoms with Gasteiger partial charge in [0.1, 0.15) is 5.54 Å². The average molecular weight is 269 g/mol. The van der Waals surface area contributed by atoms with Crippen molar-refractivity contribution in [1.29, 1.82) is 0 Å². The molecule has 3 N–H and O–H groups in total. The highest BCUT2D eigenvalue weighted by molar-refractivity contribution is 5.79. The zero-order valence-electron chi connectivity index (χ0n) is 12.1. The van der Waals surface area contributed by atoms with Crippen LogP contribution in [0, 0.1) is 5.92 Å². The molecule has 5 heteroatoms. The number of carboxylic acid groups (broad SMARTS) is 1. The predicted octanol–water partition coefficient (Wildman–Crippen LogP) is 0.595. The first kappa shape index (κ1) is 14.8. The minimum atomic E-state index is -1.05. The smallest absolute Gasteiger partial charge is 0.325 e. The summed E-state index contributed by atoms with van der Waals surface area (Å²) in [5.74, 6) is -0.661. The number of carboxylic acids is 1. The molecule has 1 saturated heterocycles. The third kappa shape index (κ3) is 3.27. The summed E-state index contributed by atoms with van der Waals surface area (Å²) in [4.78, 5) is 16.2. The Hall–Kier alpha value is -0.650. The molecule has 0 aromatic carbocycles. The summed E-state index contributed by atoms with van der Waals surface area (Å²) in [5.41, 5.74) is 5.18. The molecule has 0 radical (unpaired) electrons. The molecule has 110 valence electrons. The van der Waals surface area contributed by atoms with Crippen LogP contribution in [0.3, 0.4) is 0 Å². The van der Waals surface area contributed by atoms with Crippen LogP contribution in [0.15, 0.2) is 0 Å². The minimum Gasteiger partial charge on any atom is -0.480 e. The van der Waals surface area contributed by atoms with E-state index in [1.165, 1.54) is 0 Å². The number of aliphatic carboxylic acids is 1. The first-order valence-corrected chi connectivity index (χ1v) is 7.42. The van der Waals surface area contributed by atoms with Gasteiger partial charge in [0.15, 0.2) is 0 Å². The van der Waals surface area contributed by atoms with Crippen LogP contribution in [0.5, 0.6) is 0 Å². The molecular weight excluding hydrogens is 242 g/mol. The van der Waals surface area contributed by atoms with Gasteiger partial charge in [0.2, 0.25) is 0 Å². The fraction of sp³-hybridized carbons (Fsp3) is 0.929. The van der Waals surface area contributed by atoms with Gasteiger partial charge in [-0.1, -0.05) is 6.92 Å². The van der Waals surface area contributed by atoms with Crippen molar-refractivity contribution in [2.24, 2.45) is 11.7 Å². The van der Waals surface area contributed by atoms with Crippen LogP contribution in [-0.4, -0.2) is 65.7 Å². The summed E-state index contributed by atoms with van der Waals surface area (Å²) in [6.45, 7) is 5.73.